The van der Waals surface area contributed by atoms with Crippen molar-refractivity contribution in [1.82, 2.24) is 10.2 Å². The van der Waals surface area contributed by atoms with E-state index in [2.05, 4.69) is 37.9 Å². The van der Waals surface area contributed by atoms with Crippen LogP contribution in [0.5, 0.6) is 0 Å². The molecule has 1 fully saturated rings. The monoisotopic (exact) mass is 226 g/mol. The maximum Gasteiger partial charge on any atom is 0.00965 e. The van der Waals surface area contributed by atoms with Crippen molar-refractivity contribution in [2.75, 3.05) is 19.6 Å². The van der Waals surface area contributed by atoms with Crippen molar-refractivity contribution in [3.63, 3.8) is 0 Å². The molecule has 0 bridgehead atoms. The molecule has 0 aromatic rings. The maximum atomic E-state index is 3.55. The van der Waals surface area contributed by atoms with Crippen LogP contribution >= 0.6 is 0 Å². The summed E-state index contributed by atoms with van der Waals surface area (Å²) in [4.78, 5) is 2.69. The lowest BCUT2D eigenvalue weighted by molar-refractivity contribution is 0.256. The highest BCUT2D eigenvalue weighted by atomic mass is 15.2. The second kappa shape index (κ2) is 6.61. The van der Waals surface area contributed by atoms with E-state index in [4.69, 9.17) is 0 Å². The minimum absolute atomic E-state index is 0.277. The maximum absolute atomic E-state index is 3.55. The minimum Gasteiger partial charge on any atom is -0.312 e. The molecule has 16 heavy (non-hydrogen) atoms. The molecule has 0 radical (unpaired) electrons. The van der Waals surface area contributed by atoms with Gasteiger partial charge in [0.15, 0.2) is 0 Å². The van der Waals surface area contributed by atoms with E-state index >= 15 is 0 Å². The summed E-state index contributed by atoms with van der Waals surface area (Å²) < 4.78 is 0. The van der Waals surface area contributed by atoms with Crippen LogP contribution in [0, 0.1) is 0 Å². The number of unbranched alkanes of at least 4 members (excludes halogenated alkanes) is 1. The molecule has 1 saturated carbocycles. The predicted molar refractivity (Wildman–Crippen MR) is 71.9 cm³/mol. The van der Waals surface area contributed by atoms with Gasteiger partial charge < -0.3 is 10.2 Å². The molecule has 1 aliphatic carbocycles. The summed E-state index contributed by atoms with van der Waals surface area (Å²) in [7, 11) is 0. The highest BCUT2D eigenvalue weighted by Crippen LogP contribution is 2.26. The van der Waals surface area contributed by atoms with Crippen molar-refractivity contribution >= 4 is 0 Å². The van der Waals surface area contributed by atoms with Crippen molar-refractivity contribution in [1.29, 1.82) is 0 Å². The predicted octanol–water partition coefficient (Wildman–Crippen LogP) is 3.03. The summed E-state index contributed by atoms with van der Waals surface area (Å²) in [6.07, 6.45) is 6.85. The van der Waals surface area contributed by atoms with Crippen LogP contribution in [-0.4, -0.2) is 36.1 Å². The van der Waals surface area contributed by atoms with E-state index in [1.54, 1.807) is 0 Å². The largest absolute Gasteiger partial charge is 0.312 e. The third kappa shape index (κ3) is 6.49. The minimum atomic E-state index is 0.277. The zero-order valence-corrected chi connectivity index (χ0v) is 11.7. The van der Waals surface area contributed by atoms with Crippen molar-refractivity contribution in [3.8, 4) is 0 Å². The molecule has 0 heterocycles. The SMILES string of the molecule is CCCN(CCCCNC(C)(C)C)C1CC1. The zero-order chi connectivity index (χ0) is 12.0. The number of hydrogen-bond acceptors (Lipinski definition) is 2. The molecular weight excluding hydrogens is 196 g/mol. The highest BCUT2D eigenvalue weighted by Gasteiger charge is 2.27. The fourth-order valence-electron chi connectivity index (χ4n) is 2.11. The van der Waals surface area contributed by atoms with Gasteiger partial charge in [0.1, 0.15) is 0 Å². The lowest BCUT2D eigenvalue weighted by Crippen LogP contribution is -2.36. The third-order valence-electron chi connectivity index (χ3n) is 3.10. The third-order valence-corrected chi connectivity index (χ3v) is 3.10. The molecule has 0 atom stereocenters. The number of rotatable bonds is 8. The molecule has 96 valence electrons. The van der Waals surface area contributed by atoms with Crippen molar-refractivity contribution in [2.24, 2.45) is 0 Å². The molecular formula is C14H30N2. The van der Waals surface area contributed by atoms with Crippen molar-refractivity contribution in [2.45, 2.75) is 71.4 Å². The average molecular weight is 226 g/mol. The van der Waals surface area contributed by atoms with Crippen LogP contribution in [0.4, 0.5) is 0 Å². The van der Waals surface area contributed by atoms with E-state index in [-0.39, 0.29) is 5.54 Å². The van der Waals surface area contributed by atoms with Gasteiger partial charge in [0.05, 0.1) is 0 Å². The van der Waals surface area contributed by atoms with Crippen LogP contribution in [0.15, 0.2) is 0 Å². The van der Waals surface area contributed by atoms with Gasteiger partial charge in [-0.1, -0.05) is 6.92 Å². The van der Waals surface area contributed by atoms with E-state index in [0.717, 1.165) is 12.6 Å². The summed E-state index contributed by atoms with van der Waals surface area (Å²) in [5.74, 6) is 0. The Hall–Kier alpha value is -0.0800. The van der Waals surface area contributed by atoms with E-state index in [1.165, 1.54) is 45.2 Å². The first kappa shape index (κ1) is 14.0. The van der Waals surface area contributed by atoms with Crippen molar-refractivity contribution in [3.05, 3.63) is 0 Å². The van der Waals surface area contributed by atoms with Gasteiger partial charge in [0, 0.05) is 11.6 Å². The standard InChI is InChI=1S/C14H30N2/c1-5-11-16(13-8-9-13)12-7-6-10-15-14(2,3)4/h13,15H,5-12H2,1-4H3. The van der Waals surface area contributed by atoms with Crippen LogP contribution in [0.1, 0.15) is 59.8 Å². The lowest BCUT2D eigenvalue weighted by atomic mass is 10.1. The Morgan fingerprint density at radius 3 is 2.31 bits per heavy atom. The fraction of sp³-hybridized carbons (Fsp3) is 1.00. The van der Waals surface area contributed by atoms with Gasteiger partial charge in [-0.25, -0.2) is 0 Å². The van der Waals surface area contributed by atoms with Gasteiger partial charge in [-0.3, -0.25) is 0 Å². The normalized spacial score (nSPS) is 17.1. The second-order valence-electron chi connectivity index (χ2n) is 6.15. The molecule has 0 saturated heterocycles. The highest BCUT2D eigenvalue weighted by molar-refractivity contribution is 4.84. The van der Waals surface area contributed by atoms with Gasteiger partial charge >= 0.3 is 0 Å². The Bertz CT molecular complexity index is 180. The first-order chi connectivity index (χ1) is 7.53. The first-order valence-electron chi connectivity index (χ1n) is 7.02. The van der Waals surface area contributed by atoms with Gasteiger partial charge in [-0.05, 0) is 72.5 Å². The van der Waals surface area contributed by atoms with Crippen molar-refractivity contribution < 1.29 is 0 Å². The van der Waals surface area contributed by atoms with Crippen LogP contribution in [0.2, 0.25) is 0 Å². The molecule has 1 aliphatic rings. The van der Waals surface area contributed by atoms with E-state index in [0.29, 0.717) is 0 Å². The second-order valence-corrected chi connectivity index (χ2v) is 6.15. The van der Waals surface area contributed by atoms with E-state index in [1.807, 2.05) is 0 Å². The summed E-state index contributed by atoms with van der Waals surface area (Å²) in [6.45, 7) is 12.8. The molecule has 0 aliphatic heterocycles. The summed E-state index contributed by atoms with van der Waals surface area (Å²) >= 11 is 0. The molecule has 0 aromatic carbocycles. The van der Waals surface area contributed by atoms with Crippen LogP contribution in [0.3, 0.4) is 0 Å². The number of nitrogens with one attached hydrogen (secondary N) is 1. The van der Waals surface area contributed by atoms with Gasteiger partial charge in [-0.15, -0.1) is 0 Å². The Morgan fingerprint density at radius 2 is 1.81 bits per heavy atom. The molecule has 0 aromatic heterocycles. The number of nitrogens with zero attached hydrogens (tertiary/aromatic N) is 1. The fourth-order valence-corrected chi connectivity index (χ4v) is 2.11. The number of hydrogen-bond donors (Lipinski definition) is 1. The molecule has 1 N–H and O–H groups in total. The Kier molecular flexibility index (Phi) is 5.77. The molecule has 0 spiro atoms. The van der Waals surface area contributed by atoms with Crippen LogP contribution < -0.4 is 5.32 Å². The van der Waals surface area contributed by atoms with Crippen LogP contribution in [-0.2, 0) is 0 Å². The average Bonchev–Trinajstić information content (AvgIpc) is 2.97. The van der Waals surface area contributed by atoms with E-state index in [9.17, 15) is 0 Å². The summed E-state index contributed by atoms with van der Waals surface area (Å²) in [5.41, 5.74) is 0.277. The molecule has 2 heteroatoms. The van der Waals surface area contributed by atoms with Crippen LogP contribution in [0.25, 0.3) is 0 Å². The Balaban J connectivity index is 2.00. The first-order valence-corrected chi connectivity index (χ1v) is 7.02. The smallest absolute Gasteiger partial charge is 0.00965 e. The topological polar surface area (TPSA) is 15.3 Å². The quantitative estimate of drug-likeness (QED) is 0.640. The van der Waals surface area contributed by atoms with Gasteiger partial charge in [0.25, 0.3) is 0 Å². The Morgan fingerprint density at radius 1 is 1.12 bits per heavy atom. The molecule has 0 amide bonds. The molecule has 0 unspecified atom stereocenters. The summed E-state index contributed by atoms with van der Waals surface area (Å²) in [6, 6.07) is 0.940. The lowest BCUT2D eigenvalue weighted by Gasteiger charge is -2.23. The Labute approximate surface area is 102 Å². The molecule has 1 rings (SSSR count). The molecule has 2 nitrogen and oxygen atoms in total. The van der Waals surface area contributed by atoms with Gasteiger partial charge in [0.2, 0.25) is 0 Å². The van der Waals surface area contributed by atoms with E-state index < -0.39 is 0 Å². The summed E-state index contributed by atoms with van der Waals surface area (Å²) in [5, 5.41) is 3.55. The zero-order valence-electron chi connectivity index (χ0n) is 11.7. The van der Waals surface area contributed by atoms with Gasteiger partial charge in [-0.2, -0.15) is 0 Å².